The molecule has 25 heavy (non-hydrogen) atoms. The van der Waals surface area contributed by atoms with E-state index in [0.717, 1.165) is 29.2 Å². The Hall–Kier alpha value is -2.20. The largest absolute Gasteiger partial charge is 0.342 e. The van der Waals surface area contributed by atoms with Crippen molar-refractivity contribution in [2.24, 2.45) is 0 Å². The highest BCUT2D eigenvalue weighted by molar-refractivity contribution is 7.18. The van der Waals surface area contributed by atoms with Crippen molar-refractivity contribution in [1.29, 1.82) is 0 Å². The maximum absolute atomic E-state index is 13.4. The first-order chi connectivity index (χ1) is 12.1. The molecule has 3 aromatic rings. The van der Waals surface area contributed by atoms with E-state index in [1.54, 1.807) is 11.3 Å². The molecule has 0 aliphatic heterocycles. The van der Waals surface area contributed by atoms with Gasteiger partial charge in [-0.2, -0.15) is 0 Å². The first-order valence-corrected chi connectivity index (χ1v) is 9.59. The fraction of sp³-hybridized carbons (Fsp3) is 0.333. The molecule has 0 saturated heterocycles. The summed E-state index contributed by atoms with van der Waals surface area (Å²) in [4.78, 5) is 20.0. The lowest BCUT2D eigenvalue weighted by molar-refractivity contribution is -0.136. The fourth-order valence-corrected chi connectivity index (χ4v) is 4.39. The average Bonchev–Trinajstić information content (AvgIpc) is 3.05. The first kappa shape index (κ1) is 17.6. The molecule has 1 heterocycles. The van der Waals surface area contributed by atoms with Crippen LogP contribution in [0.5, 0.6) is 0 Å². The van der Waals surface area contributed by atoms with Crippen LogP contribution in [0.3, 0.4) is 0 Å². The molecule has 1 atom stereocenters. The fourth-order valence-electron chi connectivity index (χ4n) is 3.26. The van der Waals surface area contributed by atoms with Crippen molar-refractivity contribution in [3.8, 4) is 0 Å². The van der Waals surface area contributed by atoms with E-state index in [1.807, 2.05) is 55.1 Å². The summed E-state index contributed by atoms with van der Waals surface area (Å²) in [5.41, 5.74) is 1.44. The predicted molar refractivity (Wildman–Crippen MR) is 105 cm³/mol. The number of likely N-dealkylation sites (N-methyl/N-ethyl adjacent to an activating group) is 1. The van der Waals surface area contributed by atoms with Crippen LogP contribution < -0.4 is 0 Å². The molecule has 130 valence electrons. The van der Waals surface area contributed by atoms with Gasteiger partial charge in [-0.15, -0.1) is 11.3 Å². The van der Waals surface area contributed by atoms with E-state index in [2.05, 4.69) is 25.1 Å². The lowest BCUT2D eigenvalue weighted by Crippen LogP contribution is -2.46. The molecule has 4 heteroatoms. The molecule has 0 aliphatic carbocycles. The summed E-state index contributed by atoms with van der Waals surface area (Å²) in [6, 6.07) is 18.2. The minimum absolute atomic E-state index is 0.169. The Kier molecular flexibility index (Phi) is 5.19. The van der Waals surface area contributed by atoms with Crippen molar-refractivity contribution in [2.45, 2.75) is 32.6 Å². The van der Waals surface area contributed by atoms with Crippen molar-refractivity contribution >= 4 is 27.5 Å². The summed E-state index contributed by atoms with van der Waals surface area (Å²) in [7, 11) is 0. The zero-order chi connectivity index (χ0) is 17.9. The molecule has 3 nitrogen and oxygen atoms in total. The van der Waals surface area contributed by atoms with E-state index in [0.29, 0.717) is 6.42 Å². The zero-order valence-corrected chi connectivity index (χ0v) is 15.8. The number of aromatic nitrogens is 1. The number of thiazole rings is 1. The molecule has 1 aromatic heterocycles. The van der Waals surface area contributed by atoms with E-state index in [1.165, 1.54) is 4.70 Å². The molecule has 0 saturated carbocycles. The number of amides is 1. The number of nitrogens with zero attached hydrogens (tertiary/aromatic N) is 2. The van der Waals surface area contributed by atoms with E-state index in [9.17, 15) is 4.79 Å². The number of fused-ring (bicyclic) bond motifs is 1. The highest BCUT2D eigenvalue weighted by Crippen LogP contribution is 2.33. The third-order valence-electron chi connectivity index (χ3n) is 4.78. The Balaban J connectivity index is 2.03. The second-order valence-electron chi connectivity index (χ2n) is 6.43. The van der Waals surface area contributed by atoms with Crippen molar-refractivity contribution < 1.29 is 4.79 Å². The van der Waals surface area contributed by atoms with Crippen LogP contribution in [-0.4, -0.2) is 28.9 Å². The maximum atomic E-state index is 13.4. The van der Waals surface area contributed by atoms with Crippen molar-refractivity contribution in [1.82, 2.24) is 9.88 Å². The molecule has 1 unspecified atom stereocenters. The highest BCUT2D eigenvalue weighted by atomic mass is 32.1. The van der Waals surface area contributed by atoms with Crippen LogP contribution in [0.1, 0.15) is 31.3 Å². The van der Waals surface area contributed by atoms with Crippen LogP contribution in [0.2, 0.25) is 0 Å². The standard InChI is InChI=1S/C21H24N2OS/c1-4-23(5-2)20(24)21(3,16-11-7-6-8-12-16)15-19-22-17-13-9-10-14-18(17)25-19/h6-14H,4-5,15H2,1-3H3. The molecule has 3 rings (SSSR count). The van der Waals surface area contributed by atoms with Gasteiger partial charge in [-0.05, 0) is 38.5 Å². The van der Waals surface area contributed by atoms with Crippen LogP contribution in [0.25, 0.3) is 10.2 Å². The summed E-state index contributed by atoms with van der Waals surface area (Å²) in [6.07, 6.45) is 0.617. The van der Waals surface area contributed by atoms with Gasteiger partial charge in [-0.3, -0.25) is 4.79 Å². The lowest BCUT2D eigenvalue weighted by Gasteiger charge is -2.33. The third kappa shape index (κ3) is 3.45. The first-order valence-electron chi connectivity index (χ1n) is 8.78. The van der Waals surface area contributed by atoms with E-state index in [4.69, 9.17) is 4.98 Å². The Morgan fingerprint density at radius 2 is 1.68 bits per heavy atom. The topological polar surface area (TPSA) is 33.2 Å². The zero-order valence-electron chi connectivity index (χ0n) is 15.0. The molecular formula is C21H24N2OS. The van der Waals surface area contributed by atoms with Crippen LogP contribution in [0.4, 0.5) is 0 Å². The smallest absolute Gasteiger partial charge is 0.233 e. The van der Waals surface area contributed by atoms with Gasteiger partial charge >= 0.3 is 0 Å². The Labute approximate surface area is 153 Å². The number of hydrogen-bond donors (Lipinski definition) is 0. The van der Waals surface area contributed by atoms with Crippen molar-refractivity contribution in [3.63, 3.8) is 0 Å². The van der Waals surface area contributed by atoms with Crippen LogP contribution in [0.15, 0.2) is 54.6 Å². The van der Waals surface area contributed by atoms with Gasteiger partial charge in [0.2, 0.25) is 5.91 Å². The average molecular weight is 353 g/mol. The number of para-hydroxylation sites is 1. The number of rotatable bonds is 6. The van der Waals surface area contributed by atoms with Crippen LogP contribution in [-0.2, 0) is 16.6 Å². The summed E-state index contributed by atoms with van der Waals surface area (Å²) >= 11 is 1.68. The number of carbonyl (C=O) groups is 1. The van der Waals surface area contributed by atoms with Gasteiger partial charge in [0.15, 0.2) is 0 Å². The molecule has 0 spiro atoms. The maximum Gasteiger partial charge on any atom is 0.233 e. The predicted octanol–water partition coefficient (Wildman–Crippen LogP) is 4.67. The van der Waals surface area contributed by atoms with E-state index >= 15 is 0 Å². The molecule has 0 N–H and O–H groups in total. The molecule has 1 amide bonds. The van der Waals surface area contributed by atoms with Crippen LogP contribution in [0, 0.1) is 0 Å². The van der Waals surface area contributed by atoms with Gasteiger partial charge in [0.05, 0.1) is 20.6 Å². The third-order valence-corrected chi connectivity index (χ3v) is 5.81. The summed E-state index contributed by atoms with van der Waals surface area (Å²) in [5.74, 6) is 0.169. The Morgan fingerprint density at radius 3 is 2.32 bits per heavy atom. The minimum Gasteiger partial charge on any atom is -0.342 e. The van der Waals surface area contributed by atoms with Gasteiger partial charge < -0.3 is 4.90 Å². The minimum atomic E-state index is -0.610. The molecule has 0 fully saturated rings. The normalized spacial score (nSPS) is 13.6. The Morgan fingerprint density at radius 1 is 1.04 bits per heavy atom. The molecular weight excluding hydrogens is 328 g/mol. The monoisotopic (exact) mass is 352 g/mol. The summed E-state index contributed by atoms with van der Waals surface area (Å²) in [5, 5.41) is 1.01. The van der Waals surface area contributed by atoms with E-state index < -0.39 is 5.41 Å². The molecule has 0 radical (unpaired) electrons. The second kappa shape index (κ2) is 7.36. The lowest BCUT2D eigenvalue weighted by atomic mass is 9.78. The van der Waals surface area contributed by atoms with Gasteiger partial charge in [-0.1, -0.05) is 42.5 Å². The molecule has 0 bridgehead atoms. The molecule has 2 aromatic carbocycles. The quantitative estimate of drug-likeness (QED) is 0.646. The number of benzene rings is 2. The van der Waals surface area contributed by atoms with E-state index in [-0.39, 0.29) is 5.91 Å². The number of hydrogen-bond acceptors (Lipinski definition) is 3. The Bertz CT molecular complexity index is 821. The highest BCUT2D eigenvalue weighted by Gasteiger charge is 2.38. The van der Waals surface area contributed by atoms with Gasteiger partial charge in [0, 0.05) is 19.5 Å². The summed E-state index contributed by atoms with van der Waals surface area (Å²) in [6.45, 7) is 7.55. The molecule has 0 aliphatic rings. The van der Waals surface area contributed by atoms with Crippen LogP contribution >= 0.6 is 11.3 Å². The van der Waals surface area contributed by atoms with Gasteiger partial charge in [0.25, 0.3) is 0 Å². The van der Waals surface area contributed by atoms with Crippen molar-refractivity contribution in [3.05, 3.63) is 65.2 Å². The van der Waals surface area contributed by atoms with Gasteiger partial charge in [-0.25, -0.2) is 4.98 Å². The second-order valence-corrected chi connectivity index (χ2v) is 7.54. The number of carbonyl (C=O) groups excluding carboxylic acids is 1. The SMILES string of the molecule is CCN(CC)C(=O)C(C)(Cc1nc2ccccc2s1)c1ccccc1. The summed E-state index contributed by atoms with van der Waals surface area (Å²) < 4.78 is 1.17. The van der Waals surface area contributed by atoms with Crippen molar-refractivity contribution in [2.75, 3.05) is 13.1 Å². The van der Waals surface area contributed by atoms with Gasteiger partial charge in [0.1, 0.15) is 0 Å².